The van der Waals surface area contributed by atoms with Crippen LogP contribution in [0.1, 0.15) is 19.3 Å². The van der Waals surface area contributed by atoms with Crippen molar-refractivity contribution in [3.8, 4) is 0 Å². The Balaban J connectivity index is 2.61. The molecule has 1 aliphatic heterocycles. The van der Waals surface area contributed by atoms with Gasteiger partial charge in [0.15, 0.2) is 0 Å². The van der Waals surface area contributed by atoms with Crippen LogP contribution in [0.25, 0.3) is 0 Å². The summed E-state index contributed by atoms with van der Waals surface area (Å²) in [6.45, 7) is 5.31. The molecule has 0 aromatic carbocycles. The second-order valence-corrected chi connectivity index (χ2v) is 3.37. The van der Waals surface area contributed by atoms with Crippen molar-refractivity contribution < 1.29 is 9.53 Å². The molecule has 0 unspecified atom stereocenters. The van der Waals surface area contributed by atoms with Crippen molar-refractivity contribution in [2.24, 2.45) is 0 Å². The number of piperidine rings is 1. The second-order valence-electron chi connectivity index (χ2n) is 3.37. The van der Waals surface area contributed by atoms with E-state index in [1.54, 1.807) is 6.08 Å². The zero-order chi connectivity index (χ0) is 10.4. The maximum atomic E-state index is 11.8. The van der Waals surface area contributed by atoms with E-state index in [-0.39, 0.29) is 5.91 Å². The van der Waals surface area contributed by atoms with Gasteiger partial charge in [0, 0.05) is 13.1 Å². The van der Waals surface area contributed by atoms with Crippen LogP contribution in [0.5, 0.6) is 0 Å². The first kappa shape index (κ1) is 10.8. The minimum atomic E-state index is 0.0292. The summed E-state index contributed by atoms with van der Waals surface area (Å²) in [6, 6.07) is 0. The summed E-state index contributed by atoms with van der Waals surface area (Å²) in [5, 5.41) is 0. The molecule has 0 saturated carbocycles. The van der Waals surface area contributed by atoms with Gasteiger partial charge in [0.25, 0.3) is 5.91 Å². The highest BCUT2D eigenvalue weighted by Crippen LogP contribution is 2.12. The molecule has 1 rings (SSSR count). The molecule has 3 nitrogen and oxygen atoms in total. The molecule has 0 aromatic heterocycles. The number of methoxy groups -OCH3 is 1. The molecule has 0 bridgehead atoms. The number of amides is 1. The first-order valence-corrected chi connectivity index (χ1v) is 4.94. The third kappa shape index (κ3) is 2.62. The Hall–Kier alpha value is -1.25. The van der Waals surface area contributed by atoms with Crippen molar-refractivity contribution in [2.75, 3.05) is 20.2 Å². The number of hydrogen-bond acceptors (Lipinski definition) is 2. The van der Waals surface area contributed by atoms with Crippen LogP contribution in [0, 0.1) is 0 Å². The number of carbonyl (C=O) groups is 1. The molecule has 1 amide bonds. The molecule has 0 N–H and O–H groups in total. The van der Waals surface area contributed by atoms with Crippen molar-refractivity contribution in [2.45, 2.75) is 19.3 Å². The zero-order valence-corrected chi connectivity index (χ0v) is 8.66. The van der Waals surface area contributed by atoms with Gasteiger partial charge in [-0.05, 0) is 19.3 Å². The van der Waals surface area contributed by atoms with E-state index < -0.39 is 0 Å². The number of hydrogen-bond donors (Lipinski definition) is 0. The molecule has 3 heteroatoms. The lowest BCUT2D eigenvalue weighted by Gasteiger charge is -2.26. The van der Waals surface area contributed by atoms with E-state index in [2.05, 4.69) is 6.58 Å². The van der Waals surface area contributed by atoms with E-state index >= 15 is 0 Å². The fourth-order valence-electron chi connectivity index (χ4n) is 1.59. The molecule has 0 aliphatic carbocycles. The number of carbonyl (C=O) groups excluding carboxylic acids is 1. The largest absolute Gasteiger partial charge is 0.504 e. The fourth-order valence-corrected chi connectivity index (χ4v) is 1.59. The van der Waals surface area contributed by atoms with E-state index in [1.165, 1.54) is 19.8 Å². The minimum absolute atomic E-state index is 0.0292. The topological polar surface area (TPSA) is 29.5 Å². The Labute approximate surface area is 85.0 Å². The molecule has 14 heavy (non-hydrogen) atoms. The molecule has 0 radical (unpaired) electrons. The molecule has 0 atom stereocenters. The van der Waals surface area contributed by atoms with Crippen LogP contribution in [-0.2, 0) is 9.53 Å². The smallest absolute Gasteiger partial charge is 0.256 e. The van der Waals surface area contributed by atoms with Gasteiger partial charge in [-0.1, -0.05) is 12.7 Å². The SMILES string of the molecule is C=C/C(=C\OC)C(=O)N1CCCCC1. The van der Waals surface area contributed by atoms with Crippen molar-refractivity contribution in [3.05, 3.63) is 24.5 Å². The molecule has 1 saturated heterocycles. The Morgan fingerprint density at radius 3 is 2.50 bits per heavy atom. The lowest BCUT2D eigenvalue weighted by Crippen LogP contribution is -2.36. The number of rotatable bonds is 3. The number of nitrogens with zero attached hydrogens (tertiary/aromatic N) is 1. The predicted octanol–water partition coefficient (Wildman–Crippen LogP) is 1.72. The lowest BCUT2D eigenvalue weighted by atomic mass is 10.1. The van der Waals surface area contributed by atoms with Gasteiger partial charge in [0.05, 0.1) is 18.9 Å². The van der Waals surface area contributed by atoms with Crippen molar-refractivity contribution in [1.29, 1.82) is 0 Å². The van der Waals surface area contributed by atoms with Crippen molar-refractivity contribution >= 4 is 5.91 Å². The molecule has 0 spiro atoms. The molecule has 78 valence electrons. The first-order valence-electron chi connectivity index (χ1n) is 4.94. The maximum absolute atomic E-state index is 11.8. The van der Waals surface area contributed by atoms with Gasteiger partial charge in [0.2, 0.25) is 0 Å². The zero-order valence-electron chi connectivity index (χ0n) is 8.66. The molecule has 0 aromatic rings. The Kier molecular flexibility index (Phi) is 4.23. The standard InChI is InChI=1S/C11H17NO2/c1-3-10(9-14-2)11(13)12-7-5-4-6-8-12/h3,9H,1,4-8H2,2H3/b10-9+. The van der Waals surface area contributed by atoms with E-state index in [0.717, 1.165) is 25.9 Å². The lowest BCUT2D eigenvalue weighted by molar-refractivity contribution is -0.127. The van der Waals surface area contributed by atoms with Crippen LogP contribution in [0.2, 0.25) is 0 Å². The molecule has 1 heterocycles. The van der Waals surface area contributed by atoms with Crippen molar-refractivity contribution in [1.82, 2.24) is 4.90 Å². The van der Waals surface area contributed by atoms with Gasteiger partial charge >= 0.3 is 0 Å². The highest BCUT2D eigenvalue weighted by Gasteiger charge is 2.18. The van der Waals surface area contributed by atoms with Gasteiger partial charge in [-0.2, -0.15) is 0 Å². The summed E-state index contributed by atoms with van der Waals surface area (Å²) >= 11 is 0. The second kappa shape index (κ2) is 5.47. The van der Waals surface area contributed by atoms with Gasteiger partial charge in [-0.25, -0.2) is 0 Å². The van der Waals surface area contributed by atoms with Crippen LogP contribution in [0.15, 0.2) is 24.5 Å². The van der Waals surface area contributed by atoms with Crippen LogP contribution in [0.3, 0.4) is 0 Å². The summed E-state index contributed by atoms with van der Waals surface area (Å²) in [7, 11) is 1.53. The molecule has 1 aliphatic rings. The van der Waals surface area contributed by atoms with E-state index in [9.17, 15) is 4.79 Å². The first-order chi connectivity index (χ1) is 6.79. The number of likely N-dealkylation sites (tertiary alicyclic amines) is 1. The van der Waals surface area contributed by atoms with Gasteiger partial charge in [-0.3, -0.25) is 4.79 Å². The maximum Gasteiger partial charge on any atom is 0.256 e. The van der Waals surface area contributed by atoms with Gasteiger partial charge in [0.1, 0.15) is 0 Å². The van der Waals surface area contributed by atoms with E-state index in [1.807, 2.05) is 4.90 Å². The van der Waals surface area contributed by atoms with E-state index in [0.29, 0.717) is 5.57 Å². The minimum Gasteiger partial charge on any atom is -0.504 e. The molecular formula is C11H17NO2. The van der Waals surface area contributed by atoms with E-state index in [4.69, 9.17) is 4.74 Å². The fraction of sp³-hybridized carbons (Fsp3) is 0.545. The van der Waals surface area contributed by atoms with Gasteiger partial charge < -0.3 is 9.64 Å². The van der Waals surface area contributed by atoms with Crippen LogP contribution < -0.4 is 0 Å². The normalized spacial score (nSPS) is 17.8. The molecular weight excluding hydrogens is 178 g/mol. The van der Waals surface area contributed by atoms with Gasteiger partial charge in [-0.15, -0.1) is 0 Å². The van der Waals surface area contributed by atoms with Crippen LogP contribution in [0.4, 0.5) is 0 Å². The quantitative estimate of drug-likeness (QED) is 0.390. The van der Waals surface area contributed by atoms with Crippen molar-refractivity contribution in [3.63, 3.8) is 0 Å². The molecule has 1 fully saturated rings. The monoisotopic (exact) mass is 195 g/mol. The van der Waals surface area contributed by atoms with Crippen LogP contribution >= 0.6 is 0 Å². The third-order valence-electron chi connectivity index (χ3n) is 2.35. The highest BCUT2D eigenvalue weighted by molar-refractivity contribution is 5.95. The summed E-state index contributed by atoms with van der Waals surface area (Å²) in [5.41, 5.74) is 0.536. The third-order valence-corrected chi connectivity index (χ3v) is 2.35. The summed E-state index contributed by atoms with van der Waals surface area (Å²) < 4.78 is 4.83. The Bertz CT molecular complexity index is 240. The summed E-state index contributed by atoms with van der Waals surface area (Å²) in [5.74, 6) is 0.0292. The average Bonchev–Trinajstić information content (AvgIpc) is 2.26. The number of ether oxygens (including phenoxy) is 1. The Morgan fingerprint density at radius 2 is 2.00 bits per heavy atom. The Morgan fingerprint density at radius 1 is 1.36 bits per heavy atom. The highest BCUT2D eigenvalue weighted by atomic mass is 16.5. The predicted molar refractivity (Wildman–Crippen MR) is 55.7 cm³/mol. The summed E-state index contributed by atoms with van der Waals surface area (Å²) in [4.78, 5) is 13.7. The summed E-state index contributed by atoms with van der Waals surface area (Å²) in [6.07, 6.45) is 6.41. The van der Waals surface area contributed by atoms with Crippen LogP contribution in [-0.4, -0.2) is 31.0 Å². The average molecular weight is 195 g/mol.